The summed E-state index contributed by atoms with van der Waals surface area (Å²) in [6, 6.07) is 16.9. The SMILES string of the molecule is CCN(CC)CCCNC(=O)c1ccc(CN2C(=O)CCn3nc(-c4cccc(Cl)c4)cc32)cc1. The molecule has 8 heteroatoms. The molecule has 0 saturated heterocycles. The number of rotatable bonds is 10. The van der Waals surface area contributed by atoms with Gasteiger partial charge in [0, 0.05) is 35.2 Å². The van der Waals surface area contributed by atoms with E-state index in [1.165, 1.54) is 0 Å². The van der Waals surface area contributed by atoms with Crippen LogP contribution in [0, 0.1) is 0 Å². The van der Waals surface area contributed by atoms with Crippen molar-refractivity contribution in [1.82, 2.24) is 20.0 Å². The third kappa shape index (κ3) is 6.10. The number of anilines is 1. The van der Waals surface area contributed by atoms with Crippen molar-refractivity contribution < 1.29 is 9.59 Å². The number of aryl methyl sites for hydroxylation is 1. The molecule has 184 valence electrons. The van der Waals surface area contributed by atoms with Crippen molar-refractivity contribution in [3.8, 4) is 11.3 Å². The fourth-order valence-electron chi connectivity index (χ4n) is 4.30. The zero-order valence-corrected chi connectivity index (χ0v) is 21.1. The number of benzene rings is 2. The number of halogens is 1. The number of aromatic nitrogens is 2. The third-order valence-corrected chi connectivity index (χ3v) is 6.62. The van der Waals surface area contributed by atoms with Crippen LogP contribution in [0.3, 0.4) is 0 Å². The minimum atomic E-state index is -0.0746. The van der Waals surface area contributed by atoms with Gasteiger partial charge in [0.2, 0.25) is 5.91 Å². The topological polar surface area (TPSA) is 70.5 Å². The Labute approximate surface area is 211 Å². The molecule has 1 aromatic heterocycles. The van der Waals surface area contributed by atoms with Crippen molar-refractivity contribution in [1.29, 1.82) is 0 Å². The van der Waals surface area contributed by atoms with Gasteiger partial charge in [-0.15, -0.1) is 0 Å². The van der Waals surface area contributed by atoms with E-state index in [9.17, 15) is 9.59 Å². The lowest BCUT2D eigenvalue weighted by Crippen LogP contribution is -2.36. The van der Waals surface area contributed by atoms with Crippen LogP contribution in [-0.4, -0.2) is 52.7 Å². The third-order valence-electron chi connectivity index (χ3n) is 6.38. The van der Waals surface area contributed by atoms with Gasteiger partial charge in [-0.1, -0.05) is 49.7 Å². The van der Waals surface area contributed by atoms with E-state index in [0.29, 0.717) is 36.6 Å². The monoisotopic (exact) mass is 493 g/mol. The molecular weight excluding hydrogens is 462 g/mol. The molecule has 4 rings (SSSR count). The van der Waals surface area contributed by atoms with Gasteiger partial charge >= 0.3 is 0 Å². The molecule has 2 heterocycles. The number of carbonyl (C=O) groups excluding carboxylic acids is 2. The molecular formula is C27H32ClN5O2. The van der Waals surface area contributed by atoms with E-state index in [2.05, 4.69) is 24.1 Å². The molecule has 35 heavy (non-hydrogen) atoms. The van der Waals surface area contributed by atoms with Crippen LogP contribution < -0.4 is 10.2 Å². The van der Waals surface area contributed by atoms with Gasteiger partial charge in [0.15, 0.2) is 0 Å². The fraction of sp³-hybridized carbons (Fsp3) is 0.370. The number of fused-ring (bicyclic) bond motifs is 1. The second-order valence-electron chi connectivity index (χ2n) is 8.68. The maximum absolute atomic E-state index is 12.8. The van der Waals surface area contributed by atoms with E-state index in [4.69, 9.17) is 16.7 Å². The summed E-state index contributed by atoms with van der Waals surface area (Å²) in [7, 11) is 0. The Balaban J connectivity index is 1.40. The highest BCUT2D eigenvalue weighted by molar-refractivity contribution is 6.30. The van der Waals surface area contributed by atoms with Gasteiger partial charge in [-0.25, -0.2) is 4.68 Å². The number of nitrogens with one attached hydrogen (secondary N) is 1. The largest absolute Gasteiger partial charge is 0.352 e. The Morgan fingerprint density at radius 3 is 2.60 bits per heavy atom. The van der Waals surface area contributed by atoms with Gasteiger partial charge in [-0.05, 0) is 55.9 Å². The molecule has 2 amide bonds. The number of carbonyl (C=O) groups is 2. The molecule has 0 spiro atoms. The Hall–Kier alpha value is -3.16. The maximum atomic E-state index is 12.8. The lowest BCUT2D eigenvalue weighted by atomic mass is 10.1. The van der Waals surface area contributed by atoms with Crippen molar-refractivity contribution >= 4 is 29.2 Å². The number of hydrogen-bond donors (Lipinski definition) is 1. The normalized spacial score (nSPS) is 13.3. The van der Waals surface area contributed by atoms with Crippen molar-refractivity contribution in [2.45, 2.75) is 39.8 Å². The van der Waals surface area contributed by atoms with Crippen molar-refractivity contribution in [2.24, 2.45) is 0 Å². The number of amides is 2. The van der Waals surface area contributed by atoms with Gasteiger partial charge in [0.1, 0.15) is 5.82 Å². The molecule has 0 saturated carbocycles. The van der Waals surface area contributed by atoms with E-state index in [-0.39, 0.29) is 11.8 Å². The first-order chi connectivity index (χ1) is 17.0. The highest BCUT2D eigenvalue weighted by Gasteiger charge is 2.26. The second-order valence-corrected chi connectivity index (χ2v) is 9.12. The van der Waals surface area contributed by atoms with Crippen LogP contribution >= 0.6 is 11.6 Å². The quantitative estimate of drug-likeness (QED) is 0.419. The first-order valence-electron chi connectivity index (χ1n) is 12.2. The smallest absolute Gasteiger partial charge is 0.251 e. The molecule has 0 atom stereocenters. The maximum Gasteiger partial charge on any atom is 0.251 e. The van der Waals surface area contributed by atoms with Gasteiger partial charge in [-0.2, -0.15) is 5.10 Å². The van der Waals surface area contributed by atoms with Crippen LogP contribution in [0.4, 0.5) is 5.82 Å². The van der Waals surface area contributed by atoms with Gasteiger partial charge < -0.3 is 10.2 Å². The summed E-state index contributed by atoms with van der Waals surface area (Å²) in [5.74, 6) is 0.755. The lowest BCUT2D eigenvalue weighted by molar-refractivity contribution is -0.119. The minimum absolute atomic E-state index is 0.0602. The van der Waals surface area contributed by atoms with E-state index in [1.807, 2.05) is 59.3 Å². The van der Waals surface area contributed by atoms with Crippen LogP contribution in [0.1, 0.15) is 42.6 Å². The Morgan fingerprint density at radius 1 is 1.11 bits per heavy atom. The van der Waals surface area contributed by atoms with Crippen molar-refractivity contribution in [3.05, 3.63) is 70.7 Å². The standard InChI is InChI=1S/C27H32ClN5O2/c1-3-31(4-2)15-6-14-29-27(35)21-11-9-20(10-12-21)19-32-25-18-24(22-7-5-8-23(28)17-22)30-33(25)16-13-26(32)34/h5,7-12,17-18H,3-4,6,13-16,19H2,1-2H3,(H,29,35). The van der Waals surface area contributed by atoms with E-state index < -0.39 is 0 Å². The fourth-order valence-corrected chi connectivity index (χ4v) is 4.49. The van der Waals surface area contributed by atoms with Crippen LogP contribution in [0.5, 0.6) is 0 Å². The van der Waals surface area contributed by atoms with Crippen LogP contribution in [-0.2, 0) is 17.9 Å². The van der Waals surface area contributed by atoms with Crippen molar-refractivity contribution in [3.63, 3.8) is 0 Å². The zero-order valence-electron chi connectivity index (χ0n) is 20.3. The lowest BCUT2D eigenvalue weighted by Gasteiger charge is -2.27. The summed E-state index contributed by atoms with van der Waals surface area (Å²) in [4.78, 5) is 29.4. The predicted molar refractivity (Wildman–Crippen MR) is 140 cm³/mol. The Bertz CT molecular complexity index is 1170. The summed E-state index contributed by atoms with van der Waals surface area (Å²) in [5, 5.41) is 8.33. The summed E-state index contributed by atoms with van der Waals surface area (Å²) < 4.78 is 1.87. The van der Waals surface area contributed by atoms with Gasteiger partial charge in [0.05, 0.1) is 18.8 Å². The first kappa shape index (κ1) is 24.9. The first-order valence-corrected chi connectivity index (χ1v) is 12.6. The number of nitrogens with zero attached hydrogens (tertiary/aromatic N) is 4. The minimum Gasteiger partial charge on any atom is -0.352 e. The average Bonchev–Trinajstić information content (AvgIpc) is 3.31. The molecule has 2 aromatic carbocycles. The average molecular weight is 494 g/mol. The molecule has 1 N–H and O–H groups in total. The molecule has 0 unspecified atom stereocenters. The highest BCUT2D eigenvalue weighted by atomic mass is 35.5. The van der Waals surface area contributed by atoms with Gasteiger partial charge in [-0.3, -0.25) is 14.5 Å². The van der Waals surface area contributed by atoms with Crippen LogP contribution in [0.15, 0.2) is 54.6 Å². The van der Waals surface area contributed by atoms with Crippen LogP contribution in [0.25, 0.3) is 11.3 Å². The molecule has 0 fully saturated rings. The Morgan fingerprint density at radius 2 is 1.89 bits per heavy atom. The van der Waals surface area contributed by atoms with E-state index >= 15 is 0 Å². The molecule has 0 radical (unpaired) electrons. The van der Waals surface area contributed by atoms with E-state index in [1.54, 1.807) is 4.90 Å². The molecule has 0 aliphatic carbocycles. The summed E-state index contributed by atoms with van der Waals surface area (Å²) in [6.07, 6.45) is 1.32. The molecule has 0 bridgehead atoms. The molecule has 7 nitrogen and oxygen atoms in total. The number of hydrogen-bond acceptors (Lipinski definition) is 4. The van der Waals surface area contributed by atoms with E-state index in [0.717, 1.165) is 48.7 Å². The summed E-state index contributed by atoms with van der Waals surface area (Å²) in [5.41, 5.74) is 3.28. The van der Waals surface area contributed by atoms with Gasteiger partial charge in [0.25, 0.3) is 5.91 Å². The molecule has 3 aromatic rings. The molecule has 1 aliphatic heterocycles. The van der Waals surface area contributed by atoms with Crippen LogP contribution in [0.2, 0.25) is 5.02 Å². The summed E-state index contributed by atoms with van der Waals surface area (Å²) in [6.45, 7) is 8.94. The zero-order chi connectivity index (χ0) is 24.8. The van der Waals surface area contributed by atoms with Crippen molar-refractivity contribution in [2.75, 3.05) is 31.1 Å². The predicted octanol–water partition coefficient (Wildman–Crippen LogP) is 4.60. The second kappa shape index (κ2) is 11.5. The molecule has 1 aliphatic rings. The summed E-state index contributed by atoms with van der Waals surface area (Å²) >= 11 is 6.15. The Kier molecular flexibility index (Phi) is 8.21. The highest BCUT2D eigenvalue weighted by Crippen LogP contribution is 2.30.